The molecule has 2 fully saturated rings. The Morgan fingerprint density at radius 2 is 1.87 bits per heavy atom. The predicted molar refractivity (Wildman–Crippen MR) is 110 cm³/mol. The van der Waals surface area contributed by atoms with E-state index < -0.39 is 0 Å². The molecule has 160 valence electrons. The number of aromatic nitrogens is 2. The third-order valence-electron chi connectivity index (χ3n) is 6.21. The van der Waals surface area contributed by atoms with Gasteiger partial charge in [-0.3, -0.25) is 14.5 Å². The molecule has 2 saturated heterocycles. The van der Waals surface area contributed by atoms with Gasteiger partial charge in [-0.2, -0.15) is 0 Å². The second kappa shape index (κ2) is 9.18. The summed E-state index contributed by atoms with van der Waals surface area (Å²) in [4.78, 5) is 28.7. The van der Waals surface area contributed by atoms with E-state index in [4.69, 9.17) is 4.74 Å². The van der Waals surface area contributed by atoms with Gasteiger partial charge in [0, 0.05) is 30.3 Å². The second-order valence-electron chi connectivity index (χ2n) is 7.97. The summed E-state index contributed by atoms with van der Waals surface area (Å²) < 4.78 is 22.2. The van der Waals surface area contributed by atoms with Crippen LogP contribution in [0, 0.1) is 11.7 Å². The summed E-state index contributed by atoms with van der Waals surface area (Å²) in [6, 6.07) is 6.50. The number of likely N-dealkylation sites (tertiary alicyclic amines) is 2. The largest absolute Gasteiger partial charge is 0.469 e. The molecule has 2 aromatic rings. The molecule has 0 N–H and O–H groups in total. The molecule has 1 aromatic heterocycles. The number of nitrogens with zero attached hydrogens (tertiary/aromatic N) is 4. The molecule has 2 aliphatic heterocycles. The third kappa shape index (κ3) is 4.52. The standard InChI is InChI=1S/C21H25FN4O3S/c1-29-21(28)15-6-8-25(9-7-15)12-20(27)26-10-17(14-2-4-16(22)5-3-14)18(11-26)19-13-30-24-23-19/h2-5,13,15,17-18H,6-12H2,1H3/t17-,18+/m0/s1. The number of hydrogen-bond acceptors (Lipinski definition) is 7. The van der Waals surface area contributed by atoms with Crippen molar-refractivity contribution in [3.63, 3.8) is 0 Å². The van der Waals surface area contributed by atoms with Crippen LogP contribution in [0.15, 0.2) is 29.6 Å². The van der Waals surface area contributed by atoms with Crippen LogP contribution in [0.2, 0.25) is 0 Å². The minimum atomic E-state index is -0.271. The van der Waals surface area contributed by atoms with Crippen LogP contribution in [0.25, 0.3) is 0 Å². The summed E-state index contributed by atoms with van der Waals surface area (Å²) in [5.41, 5.74) is 1.88. The van der Waals surface area contributed by atoms with E-state index in [1.165, 1.54) is 30.8 Å². The first-order valence-electron chi connectivity index (χ1n) is 10.2. The normalized spacial score (nSPS) is 22.9. The number of ether oxygens (including phenoxy) is 1. The average molecular weight is 433 g/mol. The van der Waals surface area contributed by atoms with Gasteiger partial charge in [0.25, 0.3) is 0 Å². The van der Waals surface area contributed by atoms with Crippen LogP contribution in [-0.4, -0.2) is 71.1 Å². The van der Waals surface area contributed by atoms with Crippen molar-refractivity contribution < 1.29 is 18.7 Å². The number of carbonyl (C=O) groups is 2. The molecule has 1 aromatic carbocycles. The molecular formula is C21H25FN4O3S. The highest BCUT2D eigenvalue weighted by atomic mass is 32.1. The van der Waals surface area contributed by atoms with Crippen LogP contribution in [0.3, 0.4) is 0 Å². The Labute approximate surface area is 179 Å². The van der Waals surface area contributed by atoms with Crippen LogP contribution < -0.4 is 0 Å². The molecule has 30 heavy (non-hydrogen) atoms. The van der Waals surface area contributed by atoms with Crippen molar-refractivity contribution in [3.05, 3.63) is 46.7 Å². The van der Waals surface area contributed by atoms with Gasteiger partial charge in [-0.25, -0.2) is 4.39 Å². The average Bonchev–Trinajstić information content (AvgIpc) is 3.44. The Hall–Kier alpha value is -2.39. The molecule has 1 amide bonds. The third-order valence-corrected chi connectivity index (χ3v) is 6.73. The quantitative estimate of drug-likeness (QED) is 0.675. The Morgan fingerprint density at radius 3 is 2.50 bits per heavy atom. The molecule has 7 nitrogen and oxygen atoms in total. The highest BCUT2D eigenvalue weighted by Crippen LogP contribution is 2.39. The Morgan fingerprint density at radius 1 is 1.17 bits per heavy atom. The van der Waals surface area contributed by atoms with Crippen LogP contribution in [0.4, 0.5) is 4.39 Å². The Kier molecular flexibility index (Phi) is 6.38. The van der Waals surface area contributed by atoms with Crippen molar-refractivity contribution >= 4 is 23.4 Å². The van der Waals surface area contributed by atoms with Crippen molar-refractivity contribution in [2.24, 2.45) is 5.92 Å². The SMILES string of the molecule is COC(=O)C1CCN(CC(=O)N2C[C@@H](c3ccc(F)cc3)[C@H](c3csnn3)C2)CC1. The fraction of sp³-hybridized carbons (Fsp3) is 0.524. The number of carbonyl (C=O) groups excluding carboxylic acids is 2. The summed E-state index contributed by atoms with van der Waals surface area (Å²) >= 11 is 1.30. The van der Waals surface area contributed by atoms with Crippen molar-refractivity contribution in [1.29, 1.82) is 0 Å². The Balaban J connectivity index is 1.41. The van der Waals surface area contributed by atoms with Gasteiger partial charge in [0.05, 0.1) is 25.3 Å². The van der Waals surface area contributed by atoms with Crippen LogP contribution >= 0.6 is 11.5 Å². The monoisotopic (exact) mass is 432 g/mol. The highest BCUT2D eigenvalue weighted by Gasteiger charge is 2.39. The van der Waals surface area contributed by atoms with Crippen molar-refractivity contribution in [1.82, 2.24) is 19.4 Å². The van der Waals surface area contributed by atoms with Crippen molar-refractivity contribution in [3.8, 4) is 0 Å². The lowest BCUT2D eigenvalue weighted by Gasteiger charge is -2.31. The summed E-state index contributed by atoms with van der Waals surface area (Å²) in [5.74, 6) is -0.331. The summed E-state index contributed by atoms with van der Waals surface area (Å²) in [6.07, 6.45) is 1.43. The minimum absolute atomic E-state index is 0.0446. The molecule has 2 aliphatic rings. The molecule has 0 radical (unpaired) electrons. The zero-order valence-corrected chi connectivity index (χ0v) is 17.7. The van der Waals surface area contributed by atoms with Crippen molar-refractivity contribution in [2.45, 2.75) is 24.7 Å². The molecule has 0 aliphatic carbocycles. The van der Waals surface area contributed by atoms with E-state index in [0.29, 0.717) is 45.6 Å². The first-order valence-corrected chi connectivity index (χ1v) is 11.0. The lowest BCUT2D eigenvalue weighted by Crippen LogP contribution is -2.43. The number of esters is 1. The molecule has 3 heterocycles. The van der Waals surface area contributed by atoms with Gasteiger partial charge in [0.15, 0.2) is 0 Å². The van der Waals surface area contributed by atoms with E-state index in [0.717, 1.165) is 11.3 Å². The van der Waals surface area contributed by atoms with Gasteiger partial charge in [0.2, 0.25) is 5.91 Å². The van der Waals surface area contributed by atoms with Gasteiger partial charge in [-0.15, -0.1) is 5.10 Å². The van der Waals surface area contributed by atoms with Crippen LogP contribution in [0.5, 0.6) is 0 Å². The highest BCUT2D eigenvalue weighted by molar-refractivity contribution is 7.03. The van der Waals surface area contributed by atoms with E-state index in [1.807, 2.05) is 10.3 Å². The molecule has 0 bridgehead atoms. The summed E-state index contributed by atoms with van der Waals surface area (Å²) in [6.45, 7) is 2.91. The number of halogens is 1. The van der Waals surface area contributed by atoms with E-state index in [-0.39, 0.29) is 35.4 Å². The number of rotatable bonds is 5. The number of benzene rings is 1. The first-order chi connectivity index (χ1) is 14.5. The maximum absolute atomic E-state index is 13.4. The lowest BCUT2D eigenvalue weighted by atomic mass is 9.87. The Bertz CT molecular complexity index is 869. The summed E-state index contributed by atoms with van der Waals surface area (Å²) in [7, 11) is 1.41. The zero-order chi connectivity index (χ0) is 21.1. The molecular weight excluding hydrogens is 407 g/mol. The van der Waals surface area contributed by atoms with Crippen LogP contribution in [0.1, 0.15) is 35.9 Å². The molecule has 2 atom stereocenters. The van der Waals surface area contributed by atoms with Crippen LogP contribution in [-0.2, 0) is 14.3 Å². The summed E-state index contributed by atoms with van der Waals surface area (Å²) in [5, 5.41) is 6.16. The molecule has 0 spiro atoms. The number of methoxy groups -OCH3 is 1. The molecule has 4 rings (SSSR count). The van der Waals surface area contributed by atoms with Gasteiger partial charge >= 0.3 is 5.97 Å². The number of amides is 1. The molecule has 9 heteroatoms. The van der Waals surface area contributed by atoms with E-state index >= 15 is 0 Å². The second-order valence-corrected chi connectivity index (χ2v) is 8.58. The smallest absolute Gasteiger partial charge is 0.308 e. The number of hydrogen-bond donors (Lipinski definition) is 0. The number of piperidine rings is 1. The van der Waals surface area contributed by atoms with Gasteiger partial charge in [-0.1, -0.05) is 16.6 Å². The van der Waals surface area contributed by atoms with Gasteiger partial charge in [-0.05, 0) is 55.2 Å². The maximum atomic E-state index is 13.4. The van der Waals surface area contributed by atoms with Gasteiger partial charge in [0.1, 0.15) is 5.82 Å². The maximum Gasteiger partial charge on any atom is 0.308 e. The minimum Gasteiger partial charge on any atom is -0.469 e. The van der Waals surface area contributed by atoms with E-state index in [2.05, 4.69) is 14.5 Å². The van der Waals surface area contributed by atoms with Gasteiger partial charge < -0.3 is 9.64 Å². The fourth-order valence-corrected chi connectivity index (χ4v) is 4.99. The lowest BCUT2D eigenvalue weighted by molar-refractivity contribution is -0.147. The molecule has 0 saturated carbocycles. The van der Waals surface area contributed by atoms with Crippen molar-refractivity contribution in [2.75, 3.05) is 39.8 Å². The predicted octanol–water partition coefficient (Wildman–Crippen LogP) is 2.27. The molecule has 0 unspecified atom stereocenters. The van der Waals surface area contributed by atoms with E-state index in [9.17, 15) is 14.0 Å². The fourth-order valence-electron chi connectivity index (χ4n) is 4.47. The zero-order valence-electron chi connectivity index (χ0n) is 16.9. The topological polar surface area (TPSA) is 75.6 Å². The van der Waals surface area contributed by atoms with E-state index in [1.54, 1.807) is 12.1 Å². The first kappa shape index (κ1) is 20.9.